The van der Waals surface area contributed by atoms with Gasteiger partial charge in [-0.25, -0.2) is 0 Å². The van der Waals surface area contributed by atoms with Gasteiger partial charge in [0.2, 0.25) is 17.1 Å². The standard InChI is InChI=1S/C16H10N6O5/c17-6-11-13(8-2-1-3-9(4-8)22(24)25)15-14(27-16(11)18)12(23)5-10(26-15)7-20-21-19/h1-5,13H,7,18H2. The molecule has 0 saturated heterocycles. The van der Waals surface area contributed by atoms with Gasteiger partial charge in [0.1, 0.15) is 17.4 Å². The number of hydrogen-bond donors (Lipinski definition) is 1. The number of rotatable bonds is 4. The van der Waals surface area contributed by atoms with E-state index >= 15 is 0 Å². The predicted molar refractivity (Wildman–Crippen MR) is 90.2 cm³/mol. The third kappa shape index (κ3) is 3.15. The number of azide groups is 1. The molecule has 1 unspecified atom stereocenters. The van der Waals surface area contributed by atoms with Gasteiger partial charge in [0, 0.05) is 23.1 Å². The number of non-ortho nitro benzene ring substituents is 1. The fourth-order valence-corrected chi connectivity index (χ4v) is 2.71. The van der Waals surface area contributed by atoms with Gasteiger partial charge in [-0.2, -0.15) is 5.26 Å². The number of nitrogens with zero attached hydrogens (tertiary/aromatic N) is 5. The van der Waals surface area contributed by atoms with Gasteiger partial charge in [0.05, 0.1) is 17.4 Å². The highest BCUT2D eigenvalue weighted by Gasteiger charge is 2.35. The second kappa shape index (κ2) is 6.91. The van der Waals surface area contributed by atoms with E-state index in [9.17, 15) is 20.2 Å². The molecule has 11 heteroatoms. The molecule has 0 aliphatic carbocycles. The Labute approximate surface area is 150 Å². The summed E-state index contributed by atoms with van der Waals surface area (Å²) in [6, 6.07) is 8.50. The molecule has 3 rings (SSSR count). The number of nitrogens with two attached hydrogens (primary N) is 1. The van der Waals surface area contributed by atoms with Gasteiger partial charge in [-0.05, 0) is 11.1 Å². The monoisotopic (exact) mass is 366 g/mol. The lowest BCUT2D eigenvalue weighted by Crippen LogP contribution is -2.25. The normalized spacial score (nSPS) is 15.1. The highest BCUT2D eigenvalue weighted by molar-refractivity contribution is 5.53. The average Bonchev–Trinajstić information content (AvgIpc) is 2.66. The number of ether oxygens (including phenoxy) is 1. The largest absolute Gasteiger partial charge is 0.461 e. The minimum atomic E-state index is -0.989. The van der Waals surface area contributed by atoms with Crippen LogP contribution in [-0.4, -0.2) is 4.92 Å². The lowest BCUT2D eigenvalue weighted by molar-refractivity contribution is -0.384. The summed E-state index contributed by atoms with van der Waals surface area (Å²) in [5.74, 6) is -1.51. The Morgan fingerprint density at radius 2 is 2.22 bits per heavy atom. The number of nitro groups is 1. The van der Waals surface area contributed by atoms with Crippen molar-refractivity contribution in [2.45, 2.75) is 12.5 Å². The van der Waals surface area contributed by atoms with Crippen molar-refractivity contribution < 1.29 is 14.1 Å². The first-order valence-electron chi connectivity index (χ1n) is 7.46. The molecule has 2 aromatic rings. The van der Waals surface area contributed by atoms with Gasteiger partial charge in [-0.3, -0.25) is 14.9 Å². The number of hydrogen-bond acceptors (Lipinski definition) is 8. The molecule has 27 heavy (non-hydrogen) atoms. The fraction of sp³-hybridized carbons (Fsp3) is 0.125. The molecular weight excluding hydrogens is 356 g/mol. The van der Waals surface area contributed by atoms with E-state index in [1.165, 1.54) is 24.3 Å². The summed E-state index contributed by atoms with van der Waals surface area (Å²) in [5, 5.41) is 23.9. The Bertz CT molecular complexity index is 1120. The van der Waals surface area contributed by atoms with Crippen molar-refractivity contribution in [2.75, 3.05) is 0 Å². The fourth-order valence-electron chi connectivity index (χ4n) is 2.71. The number of nitro benzene ring substituents is 1. The summed E-state index contributed by atoms with van der Waals surface area (Å²) in [5.41, 5.74) is 13.7. The van der Waals surface area contributed by atoms with Gasteiger partial charge in [0.25, 0.3) is 5.69 Å². The molecule has 11 nitrogen and oxygen atoms in total. The highest BCUT2D eigenvalue weighted by atomic mass is 16.6. The van der Waals surface area contributed by atoms with Gasteiger partial charge >= 0.3 is 0 Å². The molecule has 1 aliphatic rings. The Kier molecular flexibility index (Phi) is 4.49. The molecule has 0 fully saturated rings. The third-order valence-electron chi connectivity index (χ3n) is 3.83. The van der Waals surface area contributed by atoms with Crippen molar-refractivity contribution in [3.8, 4) is 11.8 Å². The molecule has 1 aromatic carbocycles. The van der Waals surface area contributed by atoms with E-state index in [0.29, 0.717) is 5.56 Å². The topological polar surface area (TPSA) is 181 Å². The van der Waals surface area contributed by atoms with E-state index in [0.717, 1.165) is 6.07 Å². The maximum absolute atomic E-state index is 12.4. The van der Waals surface area contributed by atoms with Crippen LogP contribution in [0.2, 0.25) is 0 Å². The van der Waals surface area contributed by atoms with Crippen LogP contribution in [0.4, 0.5) is 5.69 Å². The van der Waals surface area contributed by atoms with Crippen LogP contribution >= 0.6 is 0 Å². The molecule has 1 aliphatic heterocycles. The Balaban J connectivity index is 2.26. The van der Waals surface area contributed by atoms with Gasteiger partial charge in [-0.1, -0.05) is 17.2 Å². The number of nitriles is 1. The average molecular weight is 366 g/mol. The lowest BCUT2D eigenvalue weighted by Gasteiger charge is -2.24. The molecule has 134 valence electrons. The molecule has 0 bridgehead atoms. The molecule has 1 aromatic heterocycles. The molecule has 0 saturated carbocycles. The van der Waals surface area contributed by atoms with Crippen molar-refractivity contribution >= 4 is 5.69 Å². The SMILES string of the molecule is N#CC1=C(N)Oc2c(oc(CN=[N+]=[N-])cc2=O)C1c1cccc([N+](=O)[O-])c1. The minimum absolute atomic E-state index is 0.0445. The van der Waals surface area contributed by atoms with E-state index in [2.05, 4.69) is 10.0 Å². The Morgan fingerprint density at radius 1 is 1.44 bits per heavy atom. The van der Waals surface area contributed by atoms with Crippen LogP contribution in [0.1, 0.15) is 23.0 Å². The second-order valence-electron chi connectivity index (χ2n) is 5.44. The first-order chi connectivity index (χ1) is 13.0. The first-order valence-corrected chi connectivity index (χ1v) is 7.46. The van der Waals surface area contributed by atoms with Crippen LogP contribution in [0, 0.1) is 21.4 Å². The summed E-state index contributed by atoms with van der Waals surface area (Å²) in [6.07, 6.45) is 0. The van der Waals surface area contributed by atoms with E-state index in [-0.39, 0.29) is 41.0 Å². The van der Waals surface area contributed by atoms with Gasteiger partial charge in [0.15, 0.2) is 5.76 Å². The molecule has 0 spiro atoms. The van der Waals surface area contributed by atoms with Gasteiger partial charge < -0.3 is 14.9 Å². The summed E-state index contributed by atoms with van der Waals surface area (Å²) in [4.78, 5) is 25.4. The van der Waals surface area contributed by atoms with Crippen LogP contribution in [0.3, 0.4) is 0 Å². The molecule has 0 radical (unpaired) electrons. The predicted octanol–water partition coefficient (Wildman–Crippen LogP) is 2.58. The summed E-state index contributed by atoms with van der Waals surface area (Å²) in [7, 11) is 0. The maximum Gasteiger partial charge on any atom is 0.269 e. The quantitative estimate of drug-likeness (QED) is 0.283. The Hall–Kier alpha value is -4.29. The summed E-state index contributed by atoms with van der Waals surface area (Å²) < 4.78 is 10.9. The van der Waals surface area contributed by atoms with Crippen LogP contribution in [0.15, 0.2) is 56.1 Å². The summed E-state index contributed by atoms with van der Waals surface area (Å²) >= 11 is 0. The van der Waals surface area contributed by atoms with E-state index in [1.54, 1.807) is 0 Å². The number of fused-ring (bicyclic) bond motifs is 1. The van der Waals surface area contributed by atoms with Crippen molar-refractivity contribution in [2.24, 2.45) is 10.8 Å². The second-order valence-corrected chi connectivity index (χ2v) is 5.44. The Morgan fingerprint density at radius 3 is 2.89 bits per heavy atom. The minimum Gasteiger partial charge on any atom is -0.461 e. The van der Waals surface area contributed by atoms with Crippen molar-refractivity contribution in [3.63, 3.8) is 0 Å². The molecule has 0 amide bonds. The zero-order valence-electron chi connectivity index (χ0n) is 13.5. The molecule has 1 atom stereocenters. The highest BCUT2D eigenvalue weighted by Crippen LogP contribution is 2.41. The van der Waals surface area contributed by atoms with Crippen molar-refractivity contribution in [3.05, 3.63) is 89.7 Å². The number of allylic oxidation sites excluding steroid dienone is 1. The van der Waals surface area contributed by atoms with Crippen LogP contribution in [0.5, 0.6) is 5.75 Å². The summed E-state index contributed by atoms with van der Waals surface area (Å²) in [6.45, 7) is -0.234. The maximum atomic E-state index is 12.4. The first kappa shape index (κ1) is 17.5. The molecular formula is C16H10N6O5. The molecule has 2 N–H and O–H groups in total. The van der Waals surface area contributed by atoms with Gasteiger partial charge in [-0.15, -0.1) is 0 Å². The zero-order valence-corrected chi connectivity index (χ0v) is 13.5. The zero-order chi connectivity index (χ0) is 19.6. The lowest BCUT2D eigenvalue weighted by atomic mass is 9.87. The van der Waals surface area contributed by atoms with Crippen LogP contribution < -0.4 is 15.9 Å². The van der Waals surface area contributed by atoms with E-state index in [1.807, 2.05) is 6.07 Å². The van der Waals surface area contributed by atoms with Crippen LogP contribution in [0.25, 0.3) is 10.4 Å². The van der Waals surface area contributed by atoms with Crippen molar-refractivity contribution in [1.82, 2.24) is 0 Å². The molecule has 2 heterocycles. The smallest absolute Gasteiger partial charge is 0.269 e. The number of benzene rings is 1. The van der Waals surface area contributed by atoms with Crippen molar-refractivity contribution in [1.29, 1.82) is 5.26 Å². The van der Waals surface area contributed by atoms with E-state index < -0.39 is 16.3 Å². The third-order valence-corrected chi connectivity index (χ3v) is 3.83. The van der Waals surface area contributed by atoms with Crippen LogP contribution in [-0.2, 0) is 6.54 Å². The van der Waals surface area contributed by atoms with E-state index in [4.69, 9.17) is 20.4 Å².